The SMILES string of the molecule is COc1ccccc1-c1cc(N)ncn1.COc1ccccc1-c1cc(NC(=O)C2CCCN(C(=O)OCc3ccccc3)C2)ncn1.O=C(Cl)C1CCCN(C(=O)OCc2ccccc2)C1. The van der Waals surface area contributed by atoms with Crippen molar-refractivity contribution in [1.29, 1.82) is 0 Å². The highest BCUT2D eigenvalue weighted by Crippen LogP contribution is 2.30. The lowest BCUT2D eigenvalue weighted by Crippen LogP contribution is -2.44. The Bertz CT molecular complexity index is 2560. The molecule has 0 aliphatic carbocycles. The molecule has 2 aliphatic heterocycles. The van der Waals surface area contributed by atoms with Gasteiger partial charge >= 0.3 is 12.2 Å². The van der Waals surface area contributed by atoms with Gasteiger partial charge in [-0.05, 0) is 72.7 Å². The van der Waals surface area contributed by atoms with Gasteiger partial charge in [0.25, 0.3) is 0 Å². The summed E-state index contributed by atoms with van der Waals surface area (Å²) < 4.78 is 21.3. The highest BCUT2D eigenvalue weighted by molar-refractivity contribution is 6.64. The number of hydrogen-bond acceptors (Lipinski definition) is 13. The van der Waals surface area contributed by atoms with Crippen molar-refractivity contribution in [2.24, 2.45) is 11.8 Å². The van der Waals surface area contributed by atoms with E-state index in [1.54, 1.807) is 36.2 Å². The van der Waals surface area contributed by atoms with E-state index in [1.807, 2.05) is 109 Å². The minimum Gasteiger partial charge on any atom is -0.496 e. The number of nitrogens with one attached hydrogen (secondary N) is 1. The molecule has 2 aromatic heterocycles. The number of halogens is 1. The number of carbonyl (C=O) groups is 4. The lowest BCUT2D eigenvalue weighted by molar-refractivity contribution is -0.121. The van der Waals surface area contributed by atoms with Crippen molar-refractivity contribution in [3.8, 4) is 34.0 Å². The molecule has 0 saturated carbocycles. The molecular formula is C50H53ClN8O8. The number of nitrogens with zero attached hydrogens (tertiary/aromatic N) is 6. The van der Waals surface area contributed by atoms with Crippen molar-refractivity contribution >= 4 is 46.6 Å². The van der Waals surface area contributed by atoms with Crippen LogP contribution < -0.4 is 20.5 Å². The van der Waals surface area contributed by atoms with Crippen LogP contribution in [0.15, 0.2) is 134 Å². The second kappa shape index (κ2) is 25.2. The quantitative estimate of drug-likeness (QED) is 0.117. The molecule has 0 bridgehead atoms. The average molecular weight is 929 g/mol. The molecule has 3 amide bonds. The van der Waals surface area contributed by atoms with Crippen LogP contribution in [0.25, 0.3) is 22.5 Å². The number of nitrogen functional groups attached to an aromatic ring is 1. The maximum absolute atomic E-state index is 12.9. The summed E-state index contributed by atoms with van der Waals surface area (Å²) >= 11 is 5.48. The summed E-state index contributed by atoms with van der Waals surface area (Å²) in [5.41, 5.74) is 10.6. The zero-order chi connectivity index (χ0) is 47.4. The fourth-order valence-corrected chi connectivity index (χ4v) is 7.52. The van der Waals surface area contributed by atoms with Crippen LogP contribution in [0.4, 0.5) is 21.2 Å². The van der Waals surface area contributed by atoms with E-state index in [0.717, 1.165) is 53.0 Å². The van der Waals surface area contributed by atoms with E-state index in [2.05, 4.69) is 25.3 Å². The third-order valence-corrected chi connectivity index (χ3v) is 11.1. The van der Waals surface area contributed by atoms with Crippen LogP contribution >= 0.6 is 11.6 Å². The Labute approximate surface area is 394 Å². The number of likely N-dealkylation sites (tertiary alicyclic amines) is 2. The van der Waals surface area contributed by atoms with Crippen LogP contribution in [0, 0.1) is 11.8 Å². The Morgan fingerprint density at radius 3 is 1.60 bits per heavy atom. The Kier molecular flexibility index (Phi) is 18.4. The van der Waals surface area contributed by atoms with Gasteiger partial charge in [-0.3, -0.25) is 9.59 Å². The van der Waals surface area contributed by atoms with Gasteiger partial charge in [-0.15, -0.1) is 0 Å². The maximum atomic E-state index is 12.9. The first-order valence-corrected chi connectivity index (χ1v) is 22.1. The number of anilines is 2. The van der Waals surface area contributed by atoms with E-state index in [-0.39, 0.29) is 42.3 Å². The molecule has 8 rings (SSSR count). The molecule has 67 heavy (non-hydrogen) atoms. The summed E-state index contributed by atoms with van der Waals surface area (Å²) in [6.45, 7) is 2.31. The molecule has 348 valence electrons. The van der Waals surface area contributed by atoms with Crippen molar-refractivity contribution < 1.29 is 38.1 Å². The van der Waals surface area contributed by atoms with E-state index >= 15 is 0 Å². The van der Waals surface area contributed by atoms with Gasteiger partial charge < -0.3 is 39.8 Å². The molecule has 2 saturated heterocycles. The number of para-hydroxylation sites is 2. The number of carbonyl (C=O) groups excluding carboxylic acids is 4. The molecule has 0 spiro atoms. The fraction of sp³-hybridized carbons (Fsp3) is 0.280. The predicted molar refractivity (Wildman–Crippen MR) is 254 cm³/mol. The van der Waals surface area contributed by atoms with Gasteiger partial charge in [-0.25, -0.2) is 29.5 Å². The summed E-state index contributed by atoms with van der Waals surface area (Å²) in [6, 6.07) is 37.6. The average Bonchev–Trinajstić information content (AvgIpc) is 3.38. The third kappa shape index (κ3) is 14.7. The predicted octanol–water partition coefficient (Wildman–Crippen LogP) is 8.67. The van der Waals surface area contributed by atoms with Crippen LogP contribution in [0.2, 0.25) is 0 Å². The van der Waals surface area contributed by atoms with Crippen molar-refractivity contribution in [1.82, 2.24) is 29.7 Å². The number of ether oxygens (including phenoxy) is 4. The standard InChI is InChI=1S/C25H26N4O4.C14H16ClNO3.C11H11N3O/c1-32-22-12-6-5-11-20(22)21-14-23(27-17-26-21)28-24(30)19-10-7-13-29(15-19)25(31)33-16-18-8-3-2-4-9-18;15-13(17)12-7-4-8-16(9-12)14(18)19-10-11-5-2-1-3-6-11;1-15-10-5-3-2-4-8(10)9-6-11(12)14-7-13-9/h2-6,8-9,11-12,14,17,19H,7,10,13,15-16H2,1H3,(H,26,27,28,30);1-3,5-6,12H,4,7-10H2;2-7H,1H3,(H2,12,13,14). The number of rotatable bonds is 11. The number of aromatic nitrogens is 4. The molecule has 2 aliphatic rings. The minimum atomic E-state index is -0.406. The molecule has 2 unspecified atom stereocenters. The third-order valence-electron chi connectivity index (χ3n) is 10.8. The van der Waals surface area contributed by atoms with Gasteiger partial charge in [0.05, 0.1) is 37.4 Å². The molecule has 17 heteroatoms. The number of benzene rings is 4. The van der Waals surface area contributed by atoms with Crippen LogP contribution in [0.3, 0.4) is 0 Å². The number of nitrogens with two attached hydrogens (primary N) is 1. The van der Waals surface area contributed by atoms with E-state index < -0.39 is 6.09 Å². The Balaban J connectivity index is 0.000000183. The summed E-state index contributed by atoms with van der Waals surface area (Å²) in [5, 5.41) is 2.49. The largest absolute Gasteiger partial charge is 0.496 e. The van der Waals surface area contributed by atoms with E-state index in [1.165, 1.54) is 12.7 Å². The van der Waals surface area contributed by atoms with Crippen molar-refractivity contribution in [3.63, 3.8) is 0 Å². The summed E-state index contributed by atoms with van der Waals surface area (Å²) in [6.07, 6.45) is 5.01. The Morgan fingerprint density at radius 2 is 1.09 bits per heavy atom. The summed E-state index contributed by atoms with van der Waals surface area (Å²) in [4.78, 5) is 68.1. The monoisotopic (exact) mass is 928 g/mol. The van der Waals surface area contributed by atoms with Crippen molar-refractivity contribution in [2.75, 3.05) is 51.4 Å². The highest BCUT2D eigenvalue weighted by Gasteiger charge is 2.30. The first-order valence-electron chi connectivity index (χ1n) is 21.7. The number of methoxy groups -OCH3 is 2. The van der Waals surface area contributed by atoms with Crippen LogP contribution in [-0.2, 0) is 32.3 Å². The Hall–Kier alpha value is -7.59. The molecule has 3 N–H and O–H groups in total. The molecular weight excluding hydrogens is 876 g/mol. The van der Waals surface area contributed by atoms with Gasteiger partial charge in [-0.2, -0.15) is 0 Å². The van der Waals surface area contributed by atoms with Crippen LogP contribution in [-0.4, -0.2) is 93.5 Å². The van der Waals surface area contributed by atoms with E-state index in [4.69, 9.17) is 36.3 Å². The minimum absolute atomic E-state index is 0.180. The first kappa shape index (κ1) is 48.9. The molecule has 16 nitrogen and oxygen atoms in total. The zero-order valence-corrected chi connectivity index (χ0v) is 38.1. The van der Waals surface area contributed by atoms with Gasteiger partial charge in [-0.1, -0.05) is 84.9 Å². The van der Waals surface area contributed by atoms with Gasteiger partial charge in [0.15, 0.2) is 0 Å². The second-order valence-electron chi connectivity index (χ2n) is 15.5. The lowest BCUT2D eigenvalue weighted by atomic mass is 9.97. The highest BCUT2D eigenvalue weighted by atomic mass is 35.5. The Morgan fingerprint density at radius 1 is 0.627 bits per heavy atom. The van der Waals surface area contributed by atoms with Gasteiger partial charge in [0.1, 0.15) is 49.0 Å². The molecule has 0 radical (unpaired) electrons. The number of hydrogen-bond donors (Lipinski definition) is 2. The van der Waals surface area contributed by atoms with Crippen molar-refractivity contribution in [3.05, 3.63) is 145 Å². The smallest absolute Gasteiger partial charge is 0.410 e. The second-order valence-corrected chi connectivity index (χ2v) is 15.8. The fourth-order valence-electron chi connectivity index (χ4n) is 7.34. The van der Waals surface area contributed by atoms with E-state index in [0.29, 0.717) is 55.7 Å². The number of piperidine rings is 2. The summed E-state index contributed by atoms with van der Waals surface area (Å²) in [7, 11) is 3.23. The van der Waals surface area contributed by atoms with Gasteiger partial charge in [0, 0.05) is 49.4 Å². The topological polar surface area (TPSA) is 201 Å². The molecule has 4 heterocycles. The molecule has 2 atom stereocenters. The van der Waals surface area contributed by atoms with Gasteiger partial charge in [0.2, 0.25) is 11.1 Å². The van der Waals surface area contributed by atoms with Crippen LogP contribution in [0.1, 0.15) is 36.8 Å². The first-order chi connectivity index (χ1) is 32.6. The lowest BCUT2D eigenvalue weighted by Gasteiger charge is -2.31. The zero-order valence-electron chi connectivity index (χ0n) is 37.3. The van der Waals surface area contributed by atoms with Crippen molar-refractivity contribution in [2.45, 2.75) is 38.9 Å². The normalized spacial score (nSPS) is 15.3. The molecule has 6 aromatic rings. The molecule has 2 fully saturated rings. The molecule has 4 aromatic carbocycles. The summed E-state index contributed by atoms with van der Waals surface area (Å²) in [5.74, 6) is 1.53. The maximum Gasteiger partial charge on any atom is 0.410 e. The van der Waals surface area contributed by atoms with E-state index in [9.17, 15) is 19.2 Å². The van der Waals surface area contributed by atoms with Crippen LogP contribution in [0.5, 0.6) is 11.5 Å². The number of amides is 3.